The van der Waals surface area contributed by atoms with E-state index in [9.17, 15) is 13.2 Å². The third kappa shape index (κ3) is 6.24. The zero-order valence-corrected chi connectivity index (χ0v) is 13.3. The molecule has 6 nitrogen and oxygen atoms in total. The van der Waals surface area contributed by atoms with E-state index in [4.69, 9.17) is 0 Å². The molecule has 1 rings (SSSR count). The van der Waals surface area contributed by atoms with E-state index in [1.54, 1.807) is 12.1 Å². The first-order chi connectivity index (χ1) is 9.85. The van der Waals surface area contributed by atoms with Gasteiger partial charge < -0.3 is 5.32 Å². The standard InChI is InChI=1S/C14H21NO5S/c1-11(2)12-5-7-13(8-6-12)14(16)15-9-4-10-20-21(17,18)19-3/h5-8,11H,4,9-10H2,1-3H3,(H,15,16). The highest BCUT2D eigenvalue weighted by Crippen LogP contribution is 2.14. The Hall–Kier alpha value is -1.44. The number of nitrogens with one attached hydrogen (secondary N) is 1. The SMILES string of the molecule is COS(=O)(=O)OCCCNC(=O)c1ccc(C(C)C)cc1. The number of amides is 1. The molecule has 1 aromatic rings. The van der Waals surface area contributed by atoms with Crippen molar-refractivity contribution in [2.24, 2.45) is 0 Å². The molecule has 0 aliphatic heterocycles. The summed E-state index contributed by atoms with van der Waals surface area (Å²) in [6.45, 7) is 4.46. The Labute approximate surface area is 125 Å². The van der Waals surface area contributed by atoms with Crippen molar-refractivity contribution in [1.82, 2.24) is 5.32 Å². The smallest absolute Gasteiger partial charge is 0.352 e. The lowest BCUT2D eigenvalue weighted by Crippen LogP contribution is -2.25. The number of benzene rings is 1. The minimum atomic E-state index is -3.90. The van der Waals surface area contributed by atoms with E-state index in [0.717, 1.165) is 7.11 Å². The fraction of sp³-hybridized carbons (Fsp3) is 0.500. The van der Waals surface area contributed by atoms with E-state index in [1.165, 1.54) is 5.56 Å². The fourth-order valence-corrected chi connectivity index (χ4v) is 2.02. The molecule has 0 saturated heterocycles. The summed E-state index contributed by atoms with van der Waals surface area (Å²) in [7, 11) is -2.87. The molecule has 0 atom stereocenters. The van der Waals surface area contributed by atoms with Crippen LogP contribution in [0.5, 0.6) is 0 Å². The Morgan fingerprint density at radius 2 is 1.86 bits per heavy atom. The summed E-state index contributed by atoms with van der Waals surface area (Å²) in [4.78, 5) is 11.8. The van der Waals surface area contributed by atoms with Crippen molar-refractivity contribution in [2.75, 3.05) is 20.3 Å². The van der Waals surface area contributed by atoms with Gasteiger partial charge in [-0.2, -0.15) is 8.42 Å². The van der Waals surface area contributed by atoms with Gasteiger partial charge in [-0.15, -0.1) is 0 Å². The van der Waals surface area contributed by atoms with Gasteiger partial charge in [-0.05, 0) is 30.0 Å². The monoisotopic (exact) mass is 315 g/mol. The highest BCUT2D eigenvalue weighted by atomic mass is 32.3. The van der Waals surface area contributed by atoms with E-state index in [1.807, 2.05) is 12.1 Å². The van der Waals surface area contributed by atoms with Crippen LogP contribution in [0.15, 0.2) is 24.3 Å². The third-order valence-corrected chi connectivity index (χ3v) is 3.74. The Balaban J connectivity index is 2.34. The zero-order valence-electron chi connectivity index (χ0n) is 12.5. The van der Waals surface area contributed by atoms with Crippen LogP contribution >= 0.6 is 0 Å². The summed E-state index contributed by atoms with van der Waals surface area (Å²) in [5, 5.41) is 2.70. The molecule has 21 heavy (non-hydrogen) atoms. The zero-order chi connectivity index (χ0) is 15.9. The van der Waals surface area contributed by atoms with Crippen LogP contribution in [0, 0.1) is 0 Å². The van der Waals surface area contributed by atoms with Crippen molar-refractivity contribution in [1.29, 1.82) is 0 Å². The van der Waals surface area contributed by atoms with Crippen LogP contribution in [0.25, 0.3) is 0 Å². The molecule has 0 spiro atoms. The first kappa shape index (κ1) is 17.6. The lowest BCUT2D eigenvalue weighted by atomic mass is 10.0. The Morgan fingerprint density at radius 1 is 1.24 bits per heavy atom. The fourth-order valence-electron chi connectivity index (χ4n) is 1.60. The van der Waals surface area contributed by atoms with Gasteiger partial charge in [0.05, 0.1) is 13.7 Å². The quantitative estimate of drug-likeness (QED) is 0.740. The molecule has 0 unspecified atom stereocenters. The summed E-state index contributed by atoms with van der Waals surface area (Å²) in [6.07, 6.45) is 0.373. The maximum Gasteiger partial charge on any atom is 0.399 e. The van der Waals surface area contributed by atoms with Crippen LogP contribution in [0.3, 0.4) is 0 Å². The number of hydrogen-bond donors (Lipinski definition) is 1. The molecular weight excluding hydrogens is 294 g/mol. The van der Waals surface area contributed by atoms with Gasteiger partial charge in [0, 0.05) is 12.1 Å². The third-order valence-electron chi connectivity index (χ3n) is 2.88. The van der Waals surface area contributed by atoms with Crippen LogP contribution in [-0.2, 0) is 18.8 Å². The molecule has 0 heterocycles. The van der Waals surface area contributed by atoms with Gasteiger partial charge in [0.2, 0.25) is 0 Å². The first-order valence-corrected chi connectivity index (χ1v) is 8.02. The number of rotatable bonds is 8. The topological polar surface area (TPSA) is 81.7 Å². The van der Waals surface area contributed by atoms with E-state index in [2.05, 4.69) is 27.5 Å². The van der Waals surface area contributed by atoms with Crippen LogP contribution in [0.2, 0.25) is 0 Å². The van der Waals surface area contributed by atoms with Crippen LogP contribution in [-0.4, -0.2) is 34.6 Å². The van der Waals surface area contributed by atoms with Crippen LogP contribution in [0.4, 0.5) is 0 Å². The highest BCUT2D eigenvalue weighted by molar-refractivity contribution is 7.81. The normalized spacial score (nSPS) is 11.6. The average Bonchev–Trinajstić information content (AvgIpc) is 2.46. The Kier molecular flexibility index (Phi) is 6.80. The second-order valence-electron chi connectivity index (χ2n) is 4.78. The maximum atomic E-state index is 11.8. The highest BCUT2D eigenvalue weighted by Gasteiger charge is 2.09. The summed E-state index contributed by atoms with van der Waals surface area (Å²) >= 11 is 0. The second-order valence-corrected chi connectivity index (χ2v) is 6.17. The first-order valence-electron chi connectivity index (χ1n) is 6.69. The maximum absolute atomic E-state index is 11.8. The predicted octanol–water partition coefficient (Wildman–Crippen LogP) is 1.84. The molecular formula is C14H21NO5S. The van der Waals surface area contributed by atoms with E-state index in [0.29, 0.717) is 24.4 Å². The number of carbonyl (C=O) groups is 1. The molecule has 1 amide bonds. The van der Waals surface area contributed by atoms with Crippen molar-refractivity contribution in [2.45, 2.75) is 26.2 Å². The van der Waals surface area contributed by atoms with Gasteiger partial charge in [0.1, 0.15) is 0 Å². The van der Waals surface area contributed by atoms with E-state index >= 15 is 0 Å². The van der Waals surface area contributed by atoms with Crippen molar-refractivity contribution < 1.29 is 21.6 Å². The molecule has 118 valence electrons. The largest absolute Gasteiger partial charge is 0.399 e. The van der Waals surface area contributed by atoms with Crippen LogP contribution in [0.1, 0.15) is 42.1 Å². The van der Waals surface area contributed by atoms with Crippen molar-refractivity contribution in [3.63, 3.8) is 0 Å². The summed E-state index contributed by atoms with van der Waals surface area (Å²) < 4.78 is 30.4. The average molecular weight is 315 g/mol. The molecule has 0 aliphatic carbocycles. The summed E-state index contributed by atoms with van der Waals surface area (Å²) in [5.41, 5.74) is 1.74. The Bertz CT molecular complexity index is 551. The second kappa shape index (κ2) is 8.11. The van der Waals surface area contributed by atoms with Crippen molar-refractivity contribution in [3.05, 3.63) is 35.4 Å². The minimum absolute atomic E-state index is 0.0389. The molecule has 1 N–H and O–H groups in total. The predicted molar refractivity (Wildman–Crippen MR) is 79.4 cm³/mol. The van der Waals surface area contributed by atoms with Gasteiger partial charge in [0.15, 0.2) is 0 Å². The Morgan fingerprint density at radius 3 is 2.38 bits per heavy atom. The minimum Gasteiger partial charge on any atom is -0.352 e. The molecule has 0 saturated carbocycles. The van der Waals surface area contributed by atoms with Crippen molar-refractivity contribution in [3.8, 4) is 0 Å². The van der Waals surface area contributed by atoms with Gasteiger partial charge in [-0.1, -0.05) is 26.0 Å². The number of hydrogen-bond acceptors (Lipinski definition) is 5. The summed E-state index contributed by atoms with van der Waals surface area (Å²) in [5.74, 6) is 0.224. The molecule has 0 aromatic heterocycles. The molecule has 0 radical (unpaired) electrons. The molecule has 0 bridgehead atoms. The van der Waals surface area contributed by atoms with Gasteiger partial charge >= 0.3 is 10.4 Å². The van der Waals surface area contributed by atoms with Gasteiger partial charge in [-0.25, -0.2) is 4.18 Å². The lowest BCUT2D eigenvalue weighted by molar-refractivity contribution is 0.0951. The van der Waals surface area contributed by atoms with Crippen molar-refractivity contribution >= 4 is 16.3 Å². The van der Waals surface area contributed by atoms with E-state index < -0.39 is 10.4 Å². The number of carbonyl (C=O) groups excluding carboxylic acids is 1. The van der Waals surface area contributed by atoms with E-state index in [-0.39, 0.29) is 12.5 Å². The summed E-state index contributed by atoms with van der Waals surface area (Å²) in [6, 6.07) is 7.40. The van der Waals surface area contributed by atoms with Gasteiger partial charge in [0.25, 0.3) is 5.91 Å². The molecule has 0 fully saturated rings. The lowest BCUT2D eigenvalue weighted by Gasteiger charge is -2.08. The van der Waals surface area contributed by atoms with Gasteiger partial charge in [-0.3, -0.25) is 8.98 Å². The molecule has 0 aliphatic rings. The van der Waals surface area contributed by atoms with Crippen LogP contribution < -0.4 is 5.32 Å². The molecule has 1 aromatic carbocycles. The molecule has 7 heteroatoms.